The summed E-state index contributed by atoms with van der Waals surface area (Å²) in [5, 5.41) is 3.00. The van der Waals surface area contributed by atoms with Crippen LogP contribution in [0.25, 0.3) is 0 Å². The van der Waals surface area contributed by atoms with Gasteiger partial charge in [0.05, 0.1) is 18.2 Å². The highest BCUT2D eigenvalue weighted by Crippen LogP contribution is 2.37. The van der Waals surface area contributed by atoms with Crippen LogP contribution in [0, 0.1) is 0 Å². The zero-order chi connectivity index (χ0) is 18.6. The largest absolute Gasteiger partial charge is 0.493 e. The third-order valence-corrected chi connectivity index (χ3v) is 3.55. The zero-order valence-corrected chi connectivity index (χ0v) is 14.9. The molecule has 0 radical (unpaired) electrons. The molecule has 0 spiro atoms. The van der Waals surface area contributed by atoms with Gasteiger partial charge in [-0.05, 0) is 50.2 Å². The van der Waals surface area contributed by atoms with Crippen LogP contribution < -0.4 is 20.5 Å². The molecule has 0 aliphatic heterocycles. The van der Waals surface area contributed by atoms with Crippen molar-refractivity contribution in [3.05, 3.63) is 52.5 Å². The third kappa shape index (κ3) is 4.64. The molecule has 0 aliphatic rings. The van der Waals surface area contributed by atoms with E-state index in [4.69, 9.17) is 26.8 Å². The molecule has 0 aliphatic carbocycles. The summed E-state index contributed by atoms with van der Waals surface area (Å²) in [6.07, 6.45) is -0.0881. The molecule has 0 unspecified atom stereocenters. The van der Waals surface area contributed by atoms with Crippen LogP contribution >= 0.6 is 11.6 Å². The fourth-order valence-corrected chi connectivity index (χ4v) is 2.38. The summed E-state index contributed by atoms with van der Waals surface area (Å²) in [7, 11) is 1.48. The van der Waals surface area contributed by atoms with Gasteiger partial charge in [-0.25, -0.2) is 0 Å². The number of hydrogen-bond donors (Lipinski definition) is 2. The number of nitrogens with two attached hydrogens (primary N) is 1. The first-order valence-electron chi connectivity index (χ1n) is 7.57. The molecule has 0 atom stereocenters. The molecular weight excluding hydrogens is 344 g/mol. The number of halogens is 1. The normalized spacial score (nSPS) is 10.4. The molecule has 2 amide bonds. The van der Waals surface area contributed by atoms with Crippen LogP contribution in [0.15, 0.2) is 36.4 Å². The number of rotatable bonds is 6. The van der Waals surface area contributed by atoms with Crippen LogP contribution in [0.1, 0.15) is 34.6 Å². The second-order valence-corrected chi connectivity index (χ2v) is 5.96. The highest BCUT2D eigenvalue weighted by molar-refractivity contribution is 6.32. The first kappa shape index (κ1) is 18.6. The second kappa shape index (κ2) is 7.90. The molecule has 2 aromatic rings. The lowest BCUT2D eigenvalue weighted by atomic mass is 10.1. The van der Waals surface area contributed by atoms with E-state index in [-0.39, 0.29) is 17.0 Å². The van der Waals surface area contributed by atoms with E-state index in [1.165, 1.54) is 25.3 Å². The quantitative estimate of drug-likeness (QED) is 0.823. The molecule has 2 rings (SSSR count). The van der Waals surface area contributed by atoms with Crippen molar-refractivity contribution < 1.29 is 19.1 Å². The minimum atomic E-state index is -0.532. The predicted molar refractivity (Wildman–Crippen MR) is 96.7 cm³/mol. The van der Waals surface area contributed by atoms with Crippen molar-refractivity contribution in [2.24, 2.45) is 5.73 Å². The van der Waals surface area contributed by atoms with Gasteiger partial charge in [0.15, 0.2) is 11.5 Å². The van der Waals surface area contributed by atoms with E-state index in [0.29, 0.717) is 28.3 Å². The van der Waals surface area contributed by atoms with E-state index in [1.54, 1.807) is 18.2 Å². The topological polar surface area (TPSA) is 90.6 Å². The summed E-state index contributed by atoms with van der Waals surface area (Å²) in [6.45, 7) is 3.73. The Bertz CT molecular complexity index is 788. The van der Waals surface area contributed by atoms with Crippen LogP contribution in [-0.2, 0) is 0 Å². The van der Waals surface area contributed by atoms with Gasteiger partial charge in [-0.3, -0.25) is 9.59 Å². The highest BCUT2D eigenvalue weighted by Gasteiger charge is 2.17. The third-order valence-electron chi connectivity index (χ3n) is 3.27. The molecule has 3 N–H and O–H groups in total. The van der Waals surface area contributed by atoms with E-state index < -0.39 is 5.91 Å². The summed E-state index contributed by atoms with van der Waals surface area (Å²) >= 11 is 6.22. The monoisotopic (exact) mass is 362 g/mol. The fourth-order valence-electron chi connectivity index (χ4n) is 2.12. The minimum Gasteiger partial charge on any atom is -0.493 e. The van der Waals surface area contributed by atoms with Crippen molar-refractivity contribution in [1.82, 2.24) is 0 Å². The average molecular weight is 363 g/mol. The summed E-state index contributed by atoms with van der Waals surface area (Å²) in [4.78, 5) is 23.5. The lowest BCUT2D eigenvalue weighted by molar-refractivity contribution is 0.0998. The molecule has 7 heteroatoms. The molecule has 25 heavy (non-hydrogen) atoms. The van der Waals surface area contributed by atoms with Crippen LogP contribution in [0.2, 0.25) is 5.02 Å². The number of amides is 2. The van der Waals surface area contributed by atoms with Gasteiger partial charge in [0.25, 0.3) is 5.91 Å². The Hall–Kier alpha value is -2.73. The molecular formula is C18H19ClN2O4. The van der Waals surface area contributed by atoms with Gasteiger partial charge in [-0.2, -0.15) is 0 Å². The molecule has 132 valence electrons. The zero-order valence-electron chi connectivity index (χ0n) is 14.1. The van der Waals surface area contributed by atoms with Crippen molar-refractivity contribution in [2.75, 3.05) is 12.4 Å². The molecule has 2 aromatic carbocycles. The van der Waals surface area contributed by atoms with Crippen LogP contribution in [0.3, 0.4) is 0 Å². The smallest absolute Gasteiger partial charge is 0.255 e. The summed E-state index contributed by atoms with van der Waals surface area (Å²) < 4.78 is 10.9. The average Bonchev–Trinajstić information content (AvgIpc) is 2.56. The number of nitrogens with one attached hydrogen (secondary N) is 1. The van der Waals surface area contributed by atoms with Crippen molar-refractivity contribution in [2.45, 2.75) is 20.0 Å². The SMILES string of the molecule is COc1cc(C(=O)Nc2ccc(C(N)=O)cc2)cc(Cl)c1OC(C)C. The predicted octanol–water partition coefficient (Wildman–Crippen LogP) is 3.49. The highest BCUT2D eigenvalue weighted by atomic mass is 35.5. The Labute approximate surface area is 150 Å². The van der Waals surface area contributed by atoms with Gasteiger partial charge in [0.2, 0.25) is 5.91 Å². The maximum atomic E-state index is 12.4. The van der Waals surface area contributed by atoms with E-state index in [0.717, 1.165) is 0 Å². The second-order valence-electron chi connectivity index (χ2n) is 5.55. The number of primary amides is 1. The van der Waals surface area contributed by atoms with E-state index in [2.05, 4.69) is 5.32 Å². The van der Waals surface area contributed by atoms with Crippen molar-refractivity contribution in [1.29, 1.82) is 0 Å². The van der Waals surface area contributed by atoms with E-state index >= 15 is 0 Å². The minimum absolute atomic E-state index is 0.0881. The molecule has 0 saturated heterocycles. The van der Waals surface area contributed by atoms with Gasteiger partial charge in [0.1, 0.15) is 0 Å². The van der Waals surface area contributed by atoms with Crippen LogP contribution in [0.4, 0.5) is 5.69 Å². The lowest BCUT2D eigenvalue weighted by Crippen LogP contribution is -2.14. The van der Waals surface area contributed by atoms with Gasteiger partial charge >= 0.3 is 0 Å². The van der Waals surface area contributed by atoms with Crippen LogP contribution in [0.5, 0.6) is 11.5 Å². The van der Waals surface area contributed by atoms with Gasteiger partial charge in [-0.1, -0.05) is 11.6 Å². The maximum absolute atomic E-state index is 12.4. The first-order chi connectivity index (χ1) is 11.8. The molecule has 0 bridgehead atoms. The number of hydrogen-bond acceptors (Lipinski definition) is 4. The van der Waals surface area contributed by atoms with Gasteiger partial charge < -0.3 is 20.5 Å². The van der Waals surface area contributed by atoms with Crippen LogP contribution in [-0.4, -0.2) is 25.0 Å². The summed E-state index contributed by atoms with van der Waals surface area (Å²) in [6, 6.07) is 9.31. The molecule has 0 fully saturated rings. The molecule has 0 saturated carbocycles. The maximum Gasteiger partial charge on any atom is 0.255 e. The molecule has 0 heterocycles. The Balaban J connectivity index is 2.24. The number of ether oxygens (including phenoxy) is 2. The Morgan fingerprint density at radius 3 is 2.28 bits per heavy atom. The Kier molecular flexibility index (Phi) is 5.88. The molecule has 6 nitrogen and oxygen atoms in total. The van der Waals surface area contributed by atoms with Gasteiger partial charge in [0, 0.05) is 16.8 Å². The van der Waals surface area contributed by atoms with Crippen molar-refractivity contribution in [3.63, 3.8) is 0 Å². The standard InChI is InChI=1S/C18H19ClN2O4/c1-10(2)25-16-14(19)8-12(9-15(16)24-3)18(23)21-13-6-4-11(5-7-13)17(20)22/h4-10H,1-3H3,(H2,20,22)(H,21,23). The Morgan fingerprint density at radius 1 is 1.12 bits per heavy atom. The number of anilines is 1. The number of benzene rings is 2. The summed E-state index contributed by atoms with van der Waals surface area (Å²) in [5.41, 5.74) is 6.38. The Morgan fingerprint density at radius 2 is 1.76 bits per heavy atom. The number of carbonyl (C=O) groups is 2. The summed E-state index contributed by atoms with van der Waals surface area (Å²) in [5.74, 6) is -0.143. The van der Waals surface area contributed by atoms with Crippen molar-refractivity contribution in [3.8, 4) is 11.5 Å². The fraction of sp³-hybridized carbons (Fsp3) is 0.222. The number of carbonyl (C=O) groups excluding carboxylic acids is 2. The van der Waals surface area contributed by atoms with Crippen molar-refractivity contribution >= 4 is 29.1 Å². The number of methoxy groups -OCH3 is 1. The lowest BCUT2D eigenvalue weighted by Gasteiger charge is -2.16. The van der Waals surface area contributed by atoms with E-state index in [1.807, 2.05) is 13.8 Å². The van der Waals surface area contributed by atoms with Gasteiger partial charge in [-0.15, -0.1) is 0 Å². The first-order valence-corrected chi connectivity index (χ1v) is 7.95. The molecule has 0 aromatic heterocycles. The van der Waals surface area contributed by atoms with E-state index in [9.17, 15) is 9.59 Å².